The van der Waals surface area contributed by atoms with Crippen molar-refractivity contribution in [3.05, 3.63) is 60.2 Å². The van der Waals surface area contributed by atoms with Gasteiger partial charge in [0.2, 0.25) is 0 Å². The van der Waals surface area contributed by atoms with Crippen molar-refractivity contribution in [2.75, 3.05) is 25.5 Å². The molecule has 2 aromatic carbocycles. The molecule has 0 bridgehead atoms. The molecule has 0 aromatic heterocycles. The highest BCUT2D eigenvalue weighted by Gasteiger charge is 2.43. The van der Waals surface area contributed by atoms with Gasteiger partial charge in [0.25, 0.3) is 0 Å². The van der Waals surface area contributed by atoms with Gasteiger partial charge in [-0.15, -0.1) is 0 Å². The Balaban J connectivity index is 1.35. The number of carbonyl (C=O) groups is 1. The number of para-hydroxylation sites is 2. The van der Waals surface area contributed by atoms with Crippen LogP contribution in [0.2, 0.25) is 0 Å². The number of likely N-dealkylation sites (tertiary alicyclic amines) is 1. The number of urea groups is 1. The lowest BCUT2D eigenvalue weighted by Crippen LogP contribution is -2.48. The van der Waals surface area contributed by atoms with Crippen molar-refractivity contribution in [1.29, 1.82) is 0 Å². The van der Waals surface area contributed by atoms with Crippen molar-refractivity contribution >= 4 is 17.4 Å². The first kappa shape index (κ1) is 17.4. The molecule has 2 amide bonds. The Morgan fingerprint density at radius 2 is 1.81 bits per heavy atom. The minimum atomic E-state index is -0.285. The number of piperidine rings is 1. The summed E-state index contributed by atoms with van der Waals surface area (Å²) in [6.45, 7) is 1.27. The van der Waals surface area contributed by atoms with E-state index in [0.29, 0.717) is 24.5 Å². The maximum atomic E-state index is 12.6. The van der Waals surface area contributed by atoms with Crippen LogP contribution >= 0.6 is 0 Å². The molecule has 1 spiro atoms. The zero-order valence-corrected chi connectivity index (χ0v) is 15.4. The third-order valence-corrected chi connectivity index (χ3v) is 5.26. The quantitative estimate of drug-likeness (QED) is 0.898. The molecule has 4 rings (SSSR count). The number of methoxy groups -OCH3 is 1. The van der Waals surface area contributed by atoms with Gasteiger partial charge in [0, 0.05) is 32.4 Å². The molecule has 1 N–H and O–H groups in total. The van der Waals surface area contributed by atoms with Crippen LogP contribution in [0, 0.1) is 0 Å². The van der Waals surface area contributed by atoms with Crippen molar-refractivity contribution in [1.82, 2.24) is 4.90 Å². The largest absolute Gasteiger partial charge is 0.495 e. The molecule has 0 radical (unpaired) electrons. The van der Waals surface area contributed by atoms with Gasteiger partial charge >= 0.3 is 6.03 Å². The number of hydrogen-bond acceptors (Lipinski definition) is 4. The molecule has 2 aliphatic rings. The molecule has 1 saturated heterocycles. The van der Waals surface area contributed by atoms with Gasteiger partial charge in [-0.1, -0.05) is 47.6 Å². The van der Waals surface area contributed by atoms with E-state index in [1.54, 1.807) is 7.11 Å². The number of carbonyl (C=O) groups excluding carboxylic acids is 1. The van der Waals surface area contributed by atoms with E-state index in [1.807, 2.05) is 47.4 Å². The lowest BCUT2D eigenvalue weighted by atomic mass is 9.85. The lowest BCUT2D eigenvalue weighted by molar-refractivity contribution is -0.0544. The van der Waals surface area contributed by atoms with Gasteiger partial charge in [0.1, 0.15) is 11.4 Å². The highest BCUT2D eigenvalue weighted by atomic mass is 16.7. The van der Waals surface area contributed by atoms with Crippen LogP contribution in [0.15, 0.2) is 59.8 Å². The molecule has 2 aromatic rings. The fourth-order valence-corrected chi connectivity index (χ4v) is 3.63. The van der Waals surface area contributed by atoms with Crippen LogP contribution in [0.4, 0.5) is 10.5 Å². The molecule has 6 heteroatoms. The standard InChI is InChI=1S/C21H23N3O3/c1-26-19-10-6-5-9-17(19)22-20(25)24-13-11-21(12-14-24)15-18(23-27-21)16-7-3-2-4-8-16/h2-10H,11-15H2,1H3,(H,22,25). The third kappa shape index (κ3) is 3.60. The maximum Gasteiger partial charge on any atom is 0.321 e. The topological polar surface area (TPSA) is 63.2 Å². The molecule has 0 atom stereocenters. The van der Waals surface area contributed by atoms with Gasteiger partial charge in [-0.05, 0) is 17.7 Å². The Hall–Kier alpha value is -3.02. The van der Waals surface area contributed by atoms with E-state index in [1.165, 1.54) is 0 Å². The van der Waals surface area contributed by atoms with Crippen LogP contribution in [-0.2, 0) is 4.84 Å². The van der Waals surface area contributed by atoms with E-state index in [9.17, 15) is 4.79 Å². The summed E-state index contributed by atoms with van der Waals surface area (Å²) in [7, 11) is 1.59. The summed E-state index contributed by atoms with van der Waals surface area (Å²) < 4.78 is 5.30. The fraction of sp³-hybridized carbons (Fsp3) is 0.333. The maximum absolute atomic E-state index is 12.6. The first-order valence-electron chi connectivity index (χ1n) is 9.19. The molecule has 0 unspecified atom stereocenters. The van der Waals surface area contributed by atoms with Crippen LogP contribution in [0.3, 0.4) is 0 Å². The summed E-state index contributed by atoms with van der Waals surface area (Å²) in [5.41, 5.74) is 2.48. The van der Waals surface area contributed by atoms with E-state index < -0.39 is 0 Å². The highest BCUT2D eigenvalue weighted by molar-refractivity contribution is 6.01. The van der Waals surface area contributed by atoms with Gasteiger partial charge in [-0.3, -0.25) is 0 Å². The predicted molar refractivity (Wildman–Crippen MR) is 104 cm³/mol. The number of benzene rings is 2. The van der Waals surface area contributed by atoms with E-state index in [4.69, 9.17) is 9.57 Å². The van der Waals surface area contributed by atoms with Crippen molar-refractivity contribution in [3.8, 4) is 5.75 Å². The Bertz CT molecular complexity index is 843. The molecule has 6 nitrogen and oxygen atoms in total. The molecule has 27 heavy (non-hydrogen) atoms. The predicted octanol–water partition coefficient (Wildman–Crippen LogP) is 3.89. The molecule has 1 fully saturated rings. The second-order valence-corrected chi connectivity index (χ2v) is 6.97. The summed E-state index contributed by atoms with van der Waals surface area (Å²) in [6.07, 6.45) is 2.33. The van der Waals surface area contributed by atoms with E-state index in [0.717, 1.165) is 30.5 Å². The van der Waals surface area contributed by atoms with Gasteiger partial charge < -0.3 is 19.8 Å². The number of nitrogens with one attached hydrogen (secondary N) is 1. The van der Waals surface area contributed by atoms with Crippen LogP contribution in [-0.4, -0.2) is 42.4 Å². The summed E-state index contributed by atoms with van der Waals surface area (Å²) in [4.78, 5) is 20.3. The molecule has 2 aliphatic heterocycles. The summed E-state index contributed by atoms with van der Waals surface area (Å²) in [5, 5.41) is 7.26. The van der Waals surface area contributed by atoms with E-state index in [-0.39, 0.29) is 11.6 Å². The Kier molecular flexibility index (Phi) is 4.71. The van der Waals surface area contributed by atoms with E-state index >= 15 is 0 Å². The minimum absolute atomic E-state index is 0.114. The average Bonchev–Trinajstić information content (AvgIpc) is 3.13. The monoisotopic (exact) mass is 365 g/mol. The van der Waals surface area contributed by atoms with Crippen molar-refractivity contribution in [2.45, 2.75) is 24.9 Å². The van der Waals surface area contributed by atoms with Gasteiger partial charge in [-0.2, -0.15) is 0 Å². The number of hydrogen-bond donors (Lipinski definition) is 1. The number of oxime groups is 1. The highest BCUT2D eigenvalue weighted by Crippen LogP contribution is 2.36. The van der Waals surface area contributed by atoms with Crippen molar-refractivity contribution in [2.24, 2.45) is 5.16 Å². The Morgan fingerprint density at radius 1 is 1.11 bits per heavy atom. The molecule has 0 aliphatic carbocycles. The number of nitrogens with zero attached hydrogens (tertiary/aromatic N) is 2. The van der Waals surface area contributed by atoms with E-state index in [2.05, 4.69) is 22.6 Å². The molecule has 0 saturated carbocycles. The zero-order chi connectivity index (χ0) is 18.7. The molecule has 2 heterocycles. The summed E-state index contributed by atoms with van der Waals surface area (Å²) in [6, 6.07) is 17.4. The van der Waals surface area contributed by atoms with Crippen molar-refractivity contribution < 1.29 is 14.4 Å². The fourth-order valence-electron chi connectivity index (χ4n) is 3.63. The van der Waals surface area contributed by atoms with Gasteiger partial charge in [-0.25, -0.2) is 4.79 Å². The first-order chi connectivity index (χ1) is 13.2. The number of rotatable bonds is 3. The Labute approximate surface area is 158 Å². The summed E-state index contributed by atoms with van der Waals surface area (Å²) >= 11 is 0. The lowest BCUT2D eigenvalue weighted by Gasteiger charge is -2.37. The smallest absolute Gasteiger partial charge is 0.321 e. The first-order valence-corrected chi connectivity index (χ1v) is 9.19. The molecular weight excluding hydrogens is 342 g/mol. The summed E-state index contributed by atoms with van der Waals surface area (Å²) in [5.74, 6) is 0.652. The number of ether oxygens (including phenoxy) is 1. The Morgan fingerprint density at radius 3 is 2.56 bits per heavy atom. The molecule has 140 valence electrons. The normalized spacial score (nSPS) is 18.0. The number of anilines is 1. The van der Waals surface area contributed by atoms with Crippen LogP contribution in [0.25, 0.3) is 0 Å². The van der Waals surface area contributed by atoms with Gasteiger partial charge in [0.15, 0.2) is 0 Å². The third-order valence-electron chi connectivity index (χ3n) is 5.26. The SMILES string of the molecule is COc1ccccc1NC(=O)N1CCC2(CC1)CC(c1ccccc1)=NO2. The van der Waals surface area contributed by atoms with Crippen LogP contribution < -0.4 is 10.1 Å². The number of amides is 2. The molecular formula is C21H23N3O3. The van der Waals surface area contributed by atoms with Crippen LogP contribution in [0.5, 0.6) is 5.75 Å². The second-order valence-electron chi connectivity index (χ2n) is 6.97. The average molecular weight is 365 g/mol. The minimum Gasteiger partial charge on any atom is -0.495 e. The zero-order valence-electron chi connectivity index (χ0n) is 15.4. The van der Waals surface area contributed by atoms with Crippen LogP contribution in [0.1, 0.15) is 24.8 Å². The van der Waals surface area contributed by atoms with Gasteiger partial charge in [0.05, 0.1) is 18.5 Å². The van der Waals surface area contributed by atoms with Crippen molar-refractivity contribution in [3.63, 3.8) is 0 Å². The second kappa shape index (κ2) is 7.31.